The monoisotopic (exact) mass is 369 g/mol. The molecule has 3 heterocycles. The van der Waals surface area contributed by atoms with E-state index in [0.29, 0.717) is 18.7 Å². The zero-order chi connectivity index (χ0) is 19.2. The van der Waals surface area contributed by atoms with Crippen molar-refractivity contribution >= 4 is 5.91 Å². The topological polar surface area (TPSA) is 72.7 Å². The van der Waals surface area contributed by atoms with E-state index in [9.17, 15) is 4.79 Å². The van der Waals surface area contributed by atoms with Crippen LogP contribution in [-0.2, 0) is 6.54 Å². The summed E-state index contributed by atoms with van der Waals surface area (Å²) in [7, 11) is 0. The van der Waals surface area contributed by atoms with Crippen LogP contribution in [0.15, 0.2) is 85.7 Å². The molecule has 0 fully saturated rings. The molecule has 1 amide bonds. The van der Waals surface area contributed by atoms with Crippen LogP contribution >= 0.6 is 0 Å². The van der Waals surface area contributed by atoms with Crippen LogP contribution in [0.4, 0.5) is 0 Å². The summed E-state index contributed by atoms with van der Waals surface area (Å²) < 4.78 is 2.06. The number of amides is 1. The van der Waals surface area contributed by atoms with Crippen molar-refractivity contribution in [2.45, 2.75) is 6.54 Å². The molecule has 0 unspecified atom stereocenters. The Morgan fingerprint density at radius 2 is 1.71 bits per heavy atom. The van der Waals surface area contributed by atoms with Crippen LogP contribution in [0.25, 0.3) is 22.5 Å². The molecule has 6 heteroatoms. The molecule has 1 aromatic carbocycles. The van der Waals surface area contributed by atoms with Crippen molar-refractivity contribution in [2.24, 2.45) is 0 Å². The number of hydrogen-bond acceptors (Lipinski definition) is 4. The molecular weight excluding hydrogens is 350 g/mol. The van der Waals surface area contributed by atoms with E-state index >= 15 is 0 Å². The van der Waals surface area contributed by atoms with Crippen LogP contribution in [0.1, 0.15) is 10.4 Å². The van der Waals surface area contributed by atoms with Crippen LogP contribution < -0.4 is 5.32 Å². The van der Waals surface area contributed by atoms with E-state index < -0.39 is 0 Å². The van der Waals surface area contributed by atoms with Gasteiger partial charge < -0.3 is 9.88 Å². The van der Waals surface area contributed by atoms with Crippen LogP contribution in [0, 0.1) is 0 Å². The summed E-state index contributed by atoms with van der Waals surface area (Å²) in [6.07, 6.45) is 8.56. The molecule has 0 aliphatic carbocycles. The minimum Gasteiger partial charge on any atom is -0.350 e. The lowest BCUT2D eigenvalue weighted by atomic mass is 10.1. The third-order valence-electron chi connectivity index (χ3n) is 4.40. The van der Waals surface area contributed by atoms with Crippen molar-refractivity contribution < 1.29 is 4.79 Å². The van der Waals surface area contributed by atoms with Gasteiger partial charge in [0.15, 0.2) is 0 Å². The predicted molar refractivity (Wildman–Crippen MR) is 107 cm³/mol. The number of pyridine rings is 2. The lowest BCUT2D eigenvalue weighted by Gasteiger charge is -2.11. The third kappa shape index (κ3) is 3.81. The molecule has 0 radical (unpaired) electrons. The van der Waals surface area contributed by atoms with E-state index in [4.69, 9.17) is 0 Å². The van der Waals surface area contributed by atoms with Gasteiger partial charge in [-0.05, 0) is 24.3 Å². The molecule has 1 N–H and O–H groups in total. The van der Waals surface area contributed by atoms with E-state index in [1.165, 1.54) is 0 Å². The number of carbonyl (C=O) groups is 1. The number of nitrogens with zero attached hydrogens (tertiary/aromatic N) is 4. The quantitative estimate of drug-likeness (QED) is 0.565. The minimum absolute atomic E-state index is 0.137. The average Bonchev–Trinajstić information content (AvgIpc) is 3.19. The van der Waals surface area contributed by atoms with Gasteiger partial charge >= 0.3 is 0 Å². The molecule has 0 aliphatic heterocycles. The summed E-state index contributed by atoms with van der Waals surface area (Å²) in [6.45, 7) is 1.08. The zero-order valence-corrected chi connectivity index (χ0v) is 15.2. The lowest BCUT2D eigenvalue weighted by molar-refractivity contribution is 0.0952. The fraction of sp³-hybridized carbons (Fsp3) is 0.0909. The molecule has 138 valence electrons. The van der Waals surface area contributed by atoms with E-state index in [-0.39, 0.29) is 5.91 Å². The fourth-order valence-electron chi connectivity index (χ4n) is 3.06. The van der Waals surface area contributed by atoms with Gasteiger partial charge in [0.25, 0.3) is 5.91 Å². The first-order valence-corrected chi connectivity index (χ1v) is 9.02. The van der Waals surface area contributed by atoms with Crippen molar-refractivity contribution in [3.8, 4) is 22.5 Å². The van der Waals surface area contributed by atoms with Crippen molar-refractivity contribution in [3.63, 3.8) is 0 Å². The van der Waals surface area contributed by atoms with Gasteiger partial charge in [0.05, 0.1) is 23.3 Å². The molecule has 0 saturated carbocycles. The number of hydrogen-bond donors (Lipinski definition) is 1. The normalized spacial score (nSPS) is 10.6. The number of nitrogens with one attached hydrogen (secondary N) is 1. The first kappa shape index (κ1) is 17.6. The summed E-state index contributed by atoms with van der Waals surface area (Å²) in [6, 6.07) is 17.5. The van der Waals surface area contributed by atoms with Gasteiger partial charge in [-0.1, -0.05) is 30.3 Å². The summed E-state index contributed by atoms with van der Waals surface area (Å²) >= 11 is 0. The summed E-state index contributed by atoms with van der Waals surface area (Å²) in [4.78, 5) is 25.0. The molecule has 0 spiro atoms. The highest BCUT2D eigenvalue weighted by molar-refractivity contribution is 5.93. The van der Waals surface area contributed by atoms with Crippen molar-refractivity contribution in [1.29, 1.82) is 0 Å². The Morgan fingerprint density at radius 3 is 2.46 bits per heavy atom. The maximum absolute atomic E-state index is 12.2. The first-order valence-electron chi connectivity index (χ1n) is 9.02. The van der Waals surface area contributed by atoms with Gasteiger partial charge in [-0.2, -0.15) is 0 Å². The molecule has 0 aliphatic rings. The highest BCUT2D eigenvalue weighted by Gasteiger charge is 2.15. The second-order valence-corrected chi connectivity index (χ2v) is 6.23. The van der Waals surface area contributed by atoms with Gasteiger partial charge in [-0.25, -0.2) is 4.98 Å². The summed E-state index contributed by atoms with van der Waals surface area (Å²) in [5.41, 5.74) is 4.54. The van der Waals surface area contributed by atoms with Gasteiger partial charge in [0, 0.05) is 49.0 Å². The highest BCUT2D eigenvalue weighted by Crippen LogP contribution is 2.30. The van der Waals surface area contributed by atoms with E-state index in [1.807, 2.05) is 48.8 Å². The standard InChI is InChI=1S/C22H19N5O/c28-22(19-7-4-10-24-15-19)25-13-14-27-16-26-20(17-5-2-1-3-6-17)21(27)18-8-11-23-12-9-18/h1-12,15-16H,13-14H2,(H,25,28). The predicted octanol–water partition coefficient (Wildman–Crippen LogP) is 3.44. The molecule has 0 atom stereocenters. The Labute approximate surface area is 162 Å². The summed E-state index contributed by atoms with van der Waals surface area (Å²) in [5, 5.41) is 2.94. The van der Waals surface area contributed by atoms with Crippen LogP contribution in [0.5, 0.6) is 0 Å². The van der Waals surface area contributed by atoms with Crippen LogP contribution in [0.3, 0.4) is 0 Å². The molecule has 3 aromatic heterocycles. The number of benzene rings is 1. The zero-order valence-electron chi connectivity index (χ0n) is 15.2. The van der Waals surface area contributed by atoms with E-state index in [0.717, 1.165) is 22.5 Å². The lowest BCUT2D eigenvalue weighted by Crippen LogP contribution is -2.27. The van der Waals surface area contributed by atoms with Gasteiger partial charge in [-0.15, -0.1) is 0 Å². The number of aromatic nitrogens is 4. The number of imidazole rings is 1. The maximum atomic E-state index is 12.2. The molecule has 6 nitrogen and oxygen atoms in total. The highest BCUT2D eigenvalue weighted by atomic mass is 16.1. The Bertz CT molecular complexity index is 1050. The third-order valence-corrected chi connectivity index (χ3v) is 4.40. The fourth-order valence-corrected chi connectivity index (χ4v) is 3.06. The Balaban J connectivity index is 1.57. The Hall–Kier alpha value is -3.80. The molecule has 0 saturated heterocycles. The smallest absolute Gasteiger partial charge is 0.252 e. The summed E-state index contributed by atoms with van der Waals surface area (Å²) in [5.74, 6) is -0.137. The first-order chi connectivity index (χ1) is 13.8. The second-order valence-electron chi connectivity index (χ2n) is 6.23. The van der Waals surface area contributed by atoms with Crippen LogP contribution in [0.2, 0.25) is 0 Å². The SMILES string of the molecule is O=C(NCCn1cnc(-c2ccccc2)c1-c1ccncc1)c1cccnc1. The van der Waals surface area contributed by atoms with Gasteiger partial charge in [0.1, 0.15) is 0 Å². The molecule has 4 rings (SSSR count). The molecule has 4 aromatic rings. The minimum atomic E-state index is -0.137. The molecular formula is C22H19N5O. The molecule has 28 heavy (non-hydrogen) atoms. The van der Waals surface area contributed by atoms with E-state index in [1.54, 1.807) is 36.9 Å². The van der Waals surface area contributed by atoms with Crippen LogP contribution in [-0.4, -0.2) is 32.0 Å². The number of rotatable bonds is 6. The van der Waals surface area contributed by atoms with Crippen molar-refractivity contribution in [1.82, 2.24) is 24.8 Å². The van der Waals surface area contributed by atoms with Crippen molar-refractivity contribution in [3.05, 3.63) is 91.3 Å². The van der Waals surface area contributed by atoms with Gasteiger partial charge in [-0.3, -0.25) is 14.8 Å². The van der Waals surface area contributed by atoms with Gasteiger partial charge in [0.2, 0.25) is 0 Å². The Morgan fingerprint density at radius 1 is 0.893 bits per heavy atom. The largest absolute Gasteiger partial charge is 0.350 e. The maximum Gasteiger partial charge on any atom is 0.252 e. The second kappa shape index (κ2) is 8.26. The Kier molecular flexibility index (Phi) is 5.20. The molecule has 0 bridgehead atoms. The average molecular weight is 369 g/mol. The number of carbonyl (C=O) groups excluding carboxylic acids is 1. The van der Waals surface area contributed by atoms with Crippen molar-refractivity contribution in [2.75, 3.05) is 6.54 Å². The van der Waals surface area contributed by atoms with E-state index in [2.05, 4.69) is 24.8 Å².